The Bertz CT molecular complexity index is 1930. The van der Waals surface area contributed by atoms with Crippen LogP contribution in [0.4, 0.5) is 0 Å². The second-order valence-corrected chi connectivity index (χ2v) is 9.55. The zero-order valence-electron chi connectivity index (χ0n) is 19.5. The molecule has 3 aromatic heterocycles. The summed E-state index contributed by atoms with van der Waals surface area (Å²) in [5.41, 5.74) is 2.26. The molecule has 0 aliphatic heterocycles. The SMILES string of the molecule is C[C@@H](C(=O)O)n1cc(C=Nn2c(-c3cc4cc(Br)ccc4o3)nc3ccccc3c2=O)c2ccccc21. The first-order valence-corrected chi connectivity index (χ1v) is 12.3. The molecule has 0 aliphatic carbocycles. The van der Waals surface area contributed by atoms with E-state index < -0.39 is 12.0 Å². The molecule has 6 rings (SSSR count). The number of furan rings is 1. The fourth-order valence-electron chi connectivity index (χ4n) is 4.41. The third-order valence-corrected chi connectivity index (χ3v) is 6.80. The van der Waals surface area contributed by atoms with E-state index in [0.717, 1.165) is 20.8 Å². The highest BCUT2D eigenvalue weighted by Crippen LogP contribution is 2.29. The Morgan fingerprint density at radius 1 is 1.08 bits per heavy atom. The van der Waals surface area contributed by atoms with E-state index in [2.05, 4.69) is 21.0 Å². The number of aliphatic carboxylic acids is 1. The van der Waals surface area contributed by atoms with Crippen molar-refractivity contribution < 1.29 is 14.3 Å². The first-order chi connectivity index (χ1) is 17.9. The number of para-hydroxylation sites is 2. The van der Waals surface area contributed by atoms with Gasteiger partial charge in [-0.2, -0.15) is 9.78 Å². The van der Waals surface area contributed by atoms with Crippen LogP contribution in [-0.4, -0.2) is 31.5 Å². The molecule has 1 N–H and O–H groups in total. The Morgan fingerprint density at radius 2 is 1.84 bits per heavy atom. The van der Waals surface area contributed by atoms with Crippen LogP contribution in [0.15, 0.2) is 97.8 Å². The van der Waals surface area contributed by atoms with E-state index in [1.165, 1.54) is 4.68 Å². The van der Waals surface area contributed by atoms with Gasteiger partial charge in [-0.1, -0.05) is 46.3 Å². The van der Waals surface area contributed by atoms with Gasteiger partial charge in [0.1, 0.15) is 11.6 Å². The smallest absolute Gasteiger partial charge is 0.326 e. The maximum Gasteiger partial charge on any atom is 0.326 e. The summed E-state index contributed by atoms with van der Waals surface area (Å²) in [6.07, 6.45) is 3.28. The van der Waals surface area contributed by atoms with Gasteiger partial charge >= 0.3 is 5.97 Å². The molecule has 0 radical (unpaired) electrons. The number of hydrogen-bond donors (Lipinski definition) is 1. The van der Waals surface area contributed by atoms with Crippen molar-refractivity contribution in [2.24, 2.45) is 5.10 Å². The molecular weight excluding hydrogens is 536 g/mol. The lowest BCUT2D eigenvalue weighted by Gasteiger charge is -2.09. The molecule has 3 aromatic carbocycles. The van der Waals surface area contributed by atoms with Gasteiger partial charge in [-0.25, -0.2) is 9.78 Å². The molecule has 0 saturated heterocycles. The summed E-state index contributed by atoms with van der Waals surface area (Å²) in [6.45, 7) is 1.62. The van der Waals surface area contributed by atoms with Crippen molar-refractivity contribution in [1.29, 1.82) is 0 Å². The number of aromatic nitrogens is 3. The summed E-state index contributed by atoms with van der Waals surface area (Å²) in [4.78, 5) is 29.9. The van der Waals surface area contributed by atoms with Crippen molar-refractivity contribution in [1.82, 2.24) is 14.2 Å². The maximum absolute atomic E-state index is 13.6. The van der Waals surface area contributed by atoms with Crippen LogP contribution in [-0.2, 0) is 4.79 Å². The minimum absolute atomic E-state index is 0.259. The van der Waals surface area contributed by atoms with Gasteiger partial charge in [0.15, 0.2) is 5.76 Å². The predicted octanol–water partition coefficient (Wildman–Crippen LogP) is 6.05. The minimum atomic E-state index is -0.946. The van der Waals surface area contributed by atoms with E-state index in [-0.39, 0.29) is 11.4 Å². The second-order valence-electron chi connectivity index (χ2n) is 8.63. The number of carbonyl (C=O) groups is 1. The van der Waals surface area contributed by atoms with Crippen LogP contribution in [0.2, 0.25) is 0 Å². The standard InChI is InChI=1S/C28H19BrN4O4/c1-16(28(35)36)32-15-18(20-6-3-5-9-23(20)32)14-30-33-26(31-22-8-4-2-7-21(22)27(33)34)25-13-17-12-19(29)10-11-24(17)37-25/h2-16H,1H3,(H,35,36)/t16-/m0/s1. The van der Waals surface area contributed by atoms with Crippen molar-refractivity contribution in [3.05, 3.63) is 99.4 Å². The lowest BCUT2D eigenvalue weighted by atomic mass is 10.2. The van der Waals surface area contributed by atoms with E-state index >= 15 is 0 Å². The number of carboxylic acid groups (broad SMARTS) is 1. The summed E-state index contributed by atoms with van der Waals surface area (Å²) < 4.78 is 9.86. The molecule has 37 heavy (non-hydrogen) atoms. The van der Waals surface area contributed by atoms with E-state index in [1.54, 1.807) is 42.1 Å². The van der Waals surface area contributed by atoms with Gasteiger partial charge in [-0.15, -0.1) is 0 Å². The van der Waals surface area contributed by atoms with E-state index in [4.69, 9.17) is 9.40 Å². The van der Waals surface area contributed by atoms with Crippen LogP contribution in [0.3, 0.4) is 0 Å². The Labute approximate surface area is 218 Å². The monoisotopic (exact) mass is 554 g/mol. The molecule has 0 aliphatic rings. The van der Waals surface area contributed by atoms with Crippen molar-refractivity contribution >= 4 is 60.9 Å². The third kappa shape index (κ3) is 3.93. The topological polar surface area (TPSA) is 103 Å². The molecule has 8 nitrogen and oxygen atoms in total. The fourth-order valence-corrected chi connectivity index (χ4v) is 4.79. The highest BCUT2D eigenvalue weighted by Gasteiger charge is 2.19. The highest BCUT2D eigenvalue weighted by molar-refractivity contribution is 9.10. The number of rotatable bonds is 5. The van der Waals surface area contributed by atoms with E-state index in [9.17, 15) is 14.7 Å². The van der Waals surface area contributed by atoms with Gasteiger partial charge in [-0.05, 0) is 49.4 Å². The van der Waals surface area contributed by atoms with Crippen LogP contribution in [0.5, 0.6) is 0 Å². The van der Waals surface area contributed by atoms with Gasteiger partial charge in [0.2, 0.25) is 5.82 Å². The Kier molecular flexibility index (Phi) is 5.49. The number of nitrogens with zero attached hydrogens (tertiary/aromatic N) is 4. The maximum atomic E-state index is 13.6. The number of halogens is 1. The van der Waals surface area contributed by atoms with Gasteiger partial charge in [0.25, 0.3) is 5.56 Å². The Morgan fingerprint density at radius 3 is 2.65 bits per heavy atom. The molecule has 0 saturated carbocycles. The van der Waals surface area contributed by atoms with Crippen LogP contribution < -0.4 is 5.56 Å². The summed E-state index contributed by atoms with van der Waals surface area (Å²) in [6, 6.07) is 21.2. The number of fused-ring (bicyclic) bond motifs is 3. The van der Waals surface area contributed by atoms with E-state index in [1.807, 2.05) is 54.6 Å². The number of carboxylic acids is 1. The molecule has 0 unspecified atom stereocenters. The minimum Gasteiger partial charge on any atom is -0.480 e. The average Bonchev–Trinajstić information content (AvgIpc) is 3.49. The largest absolute Gasteiger partial charge is 0.480 e. The quantitative estimate of drug-likeness (QED) is 0.261. The molecule has 0 spiro atoms. The summed E-state index contributed by atoms with van der Waals surface area (Å²) in [5, 5.41) is 16.2. The van der Waals surface area contributed by atoms with Crippen molar-refractivity contribution in [2.45, 2.75) is 13.0 Å². The summed E-state index contributed by atoms with van der Waals surface area (Å²) >= 11 is 3.47. The van der Waals surface area contributed by atoms with Crippen molar-refractivity contribution in [3.8, 4) is 11.6 Å². The van der Waals surface area contributed by atoms with E-state index in [0.29, 0.717) is 27.8 Å². The molecule has 9 heteroatoms. The summed E-state index contributed by atoms with van der Waals surface area (Å²) in [7, 11) is 0. The van der Waals surface area contributed by atoms with Gasteiger partial charge in [0, 0.05) is 32.5 Å². The first-order valence-electron chi connectivity index (χ1n) is 11.5. The fraction of sp³-hybridized carbons (Fsp3) is 0.0714. The zero-order valence-corrected chi connectivity index (χ0v) is 21.1. The lowest BCUT2D eigenvalue weighted by molar-refractivity contribution is -0.140. The predicted molar refractivity (Wildman–Crippen MR) is 146 cm³/mol. The second kappa shape index (κ2) is 8.86. The van der Waals surface area contributed by atoms with Crippen molar-refractivity contribution in [2.75, 3.05) is 0 Å². The number of benzene rings is 3. The molecule has 6 aromatic rings. The van der Waals surface area contributed by atoms with Crippen LogP contribution >= 0.6 is 15.9 Å². The molecule has 182 valence electrons. The zero-order chi connectivity index (χ0) is 25.7. The van der Waals surface area contributed by atoms with Crippen LogP contribution in [0.1, 0.15) is 18.5 Å². The molecular formula is C28H19BrN4O4. The molecule has 1 atom stereocenters. The molecule has 3 heterocycles. The lowest BCUT2D eigenvalue weighted by Crippen LogP contribution is -2.20. The van der Waals surface area contributed by atoms with Crippen LogP contribution in [0, 0.1) is 0 Å². The van der Waals surface area contributed by atoms with Crippen LogP contribution in [0.25, 0.3) is 44.4 Å². The normalized spacial score (nSPS) is 12.7. The van der Waals surface area contributed by atoms with Crippen molar-refractivity contribution in [3.63, 3.8) is 0 Å². The summed E-state index contributed by atoms with van der Waals surface area (Å²) in [5.74, 6) is -0.289. The molecule has 0 fully saturated rings. The Balaban J connectivity index is 1.56. The van der Waals surface area contributed by atoms with Gasteiger partial charge in [0.05, 0.1) is 17.1 Å². The first kappa shape index (κ1) is 22.9. The third-order valence-electron chi connectivity index (χ3n) is 6.31. The van der Waals surface area contributed by atoms with Gasteiger partial charge in [-0.3, -0.25) is 4.79 Å². The highest BCUT2D eigenvalue weighted by atomic mass is 79.9. The molecule has 0 bridgehead atoms. The van der Waals surface area contributed by atoms with Gasteiger partial charge < -0.3 is 14.1 Å². The number of hydrogen-bond acceptors (Lipinski definition) is 5. The average molecular weight is 555 g/mol. The Hall–Kier alpha value is -4.50. The molecule has 0 amide bonds.